The molecule has 1 aliphatic carbocycles. The standard InChI is InChI=1S/C16H23NO4/c1-19-14-8-11(9-15-16(14)21-7-6-20-15)10-17-12-4-2-3-5-13(12)18/h8-9,12-13,17-18H,2-7,10H2,1H3/t12-,13+/m1/s1. The van der Waals surface area contributed by atoms with E-state index in [0.29, 0.717) is 31.3 Å². The van der Waals surface area contributed by atoms with Crippen molar-refractivity contribution in [2.24, 2.45) is 0 Å². The number of nitrogens with one attached hydrogen (secondary N) is 1. The Hall–Kier alpha value is -1.46. The fourth-order valence-corrected chi connectivity index (χ4v) is 3.03. The second kappa shape index (κ2) is 6.54. The lowest BCUT2D eigenvalue weighted by atomic mass is 9.92. The van der Waals surface area contributed by atoms with Gasteiger partial charge in [0.15, 0.2) is 11.5 Å². The largest absolute Gasteiger partial charge is 0.493 e. The average Bonchev–Trinajstić information content (AvgIpc) is 2.53. The fourth-order valence-electron chi connectivity index (χ4n) is 3.03. The summed E-state index contributed by atoms with van der Waals surface area (Å²) in [5.74, 6) is 2.12. The molecular weight excluding hydrogens is 270 g/mol. The number of rotatable bonds is 4. The van der Waals surface area contributed by atoms with Crippen LogP contribution in [0.3, 0.4) is 0 Å². The third-order valence-electron chi connectivity index (χ3n) is 4.19. The Bertz CT molecular complexity index is 474. The molecule has 116 valence electrons. The summed E-state index contributed by atoms with van der Waals surface area (Å²) < 4.78 is 16.6. The number of hydrogen-bond donors (Lipinski definition) is 2. The Morgan fingerprint density at radius 1 is 1.24 bits per heavy atom. The van der Waals surface area contributed by atoms with Gasteiger partial charge in [-0.05, 0) is 30.5 Å². The Morgan fingerprint density at radius 2 is 2.05 bits per heavy atom. The number of hydrogen-bond acceptors (Lipinski definition) is 5. The highest BCUT2D eigenvalue weighted by Gasteiger charge is 2.23. The van der Waals surface area contributed by atoms with Crippen LogP contribution in [0.25, 0.3) is 0 Å². The van der Waals surface area contributed by atoms with E-state index in [1.165, 1.54) is 6.42 Å². The highest BCUT2D eigenvalue weighted by molar-refractivity contribution is 5.54. The van der Waals surface area contributed by atoms with Gasteiger partial charge in [0.1, 0.15) is 13.2 Å². The predicted octanol–water partition coefficient (Wildman–Crippen LogP) is 1.86. The van der Waals surface area contributed by atoms with Gasteiger partial charge < -0.3 is 24.6 Å². The molecule has 1 aromatic rings. The second-order valence-corrected chi connectivity index (χ2v) is 5.66. The number of fused-ring (bicyclic) bond motifs is 1. The molecule has 0 bridgehead atoms. The lowest BCUT2D eigenvalue weighted by molar-refractivity contribution is 0.0902. The summed E-state index contributed by atoms with van der Waals surface area (Å²) in [5.41, 5.74) is 1.08. The molecule has 1 heterocycles. The molecular formula is C16H23NO4. The summed E-state index contributed by atoms with van der Waals surface area (Å²) in [6.07, 6.45) is 3.99. The molecule has 21 heavy (non-hydrogen) atoms. The van der Waals surface area contributed by atoms with Crippen LogP contribution in [-0.4, -0.2) is 37.6 Å². The van der Waals surface area contributed by atoms with Crippen molar-refractivity contribution in [2.75, 3.05) is 20.3 Å². The van der Waals surface area contributed by atoms with E-state index in [1.807, 2.05) is 12.1 Å². The normalized spacial score (nSPS) is 24.7. The van der Waals surface area contributed by atoms with Crippen LogP contribution in [0.1, 0.15) is 31.2 Å². The van der Waals surface area contributed by atoms with Crippen LogP contribution < -0.4 is 19.5 Å². The average molecular weight is 293 g/mol. The van der Waals surface area contributed by atoms with E-state index in [0.717, 1.165) is 30.6 Å². The zero-order valence-corrected chi connectivity index (χ0v) is 12.4. The molecule has 0 aromatic heterocycles. The minimum Gasteiger partial charge on any atom is -0.493 e. The maximum absolute atomic E-state index is 10.0. The van der Waals surface area contributed by atoms with Crippen molar-refractivity contribution in [2.45, 2.75) is 44.4 Å². The summed E-state index contributed by atoms with van der Waals surface area (Å²) in [5, 5.41) is 13.5. The van der Waals surface area contributed by atoms with Gasteiger partial charge in [0.05, 0.1) is 13.2 Å². The van der Waals surface area contributed by atoms with Crippen molar-refractivity contribution >= 4 is 0 Å². The summed E-state index contributed by atoms with van der Waals surface area (Å²) in [4.78, 5) is 0. The van der Waals surface area contributed by atoms with Crippen LogP contribution in [0.15, 0.2) is 12.1 Å². The fraction of sp³-hybridized carbons (Fsp3) is 0.625. The maximum Gasteiger partial charge on any atom is 0.203 e. The predicted molar refractivity (Wildman–Crippen MR) is 79.1 cm³/mol. The van der Waals surface area contributed by atoms with Gasteiger partial charge in [0.2, 0.25) is 5.75 Å². The van der Waals surface area contributed by atoms with Crippen molar-refractivity contribution in [3.63, 3.8) is 0 Å². The zero-order valence-electron chi connectivity index (χ0n) is 12.4. The maximum atomic E-state index is 10.0. The number of ether oxygens (including phenoxy) is 3. The van der Waals surface area contributed by atoms with Crippen molar-refractivity contribution in [1.29, 1.82) is 0 Å². The Labute approximate surface area is 125 Å². The van der Waals surface area contributed by atoms with Crippen LogP contribution in [-0.2, 0) is 6.54 Å². The topological polar surface area (TPSA) is 60.0 Å². The molecule has 3 rings (SSSR count). The monoisotopic (exact) mass is 293 g/mol. The van der Waals surface area contributed by atoms with E-state index in [4.69, 9.17) is 14.2 Å². The molecule has 1 aliphatic heterocycles. The third-order valence-corrected chi connectivity index (χ3v) is 4.19. The highest BCUT2D eigenvalue weighted by atomic mass is 16.6. The van der Waals surface area contributed by atoms with Crippen molar-refractivity contribution in [3.8, 4) is 17.2 Å². The minimum atomic E-state index is -0.238. The number of aliphatic hydroxyl groups excluding tert-OH is 1. The molecule has 0 radical (unpaired) electrons. The SMILES string of the molecule is COc1cc(CN[C@@H]2CCCC[C@@H]2O)cc2c1OCCO2. The van der Waals surface area contributed by atoms with Gasteiger partial charge in [0, 0.05) is 12.6 Å². The van der Waals surface area contributed by atoms with E-state index in [-0.39, 0.29) is 12.1 Å². The lowest BCUT2D eigenvalue weighted by Crippen LogP contribution is -2.41. The van der Waals surface area contributed by atoms with Crippen LogP contribution in [0, 0.1) is 0 Å². The Morgan fingerprint density at radius 3 is 2.86 bits per heavy atom. The van der Waals surface area contributed by atoms with Crippen LogP contribution in [0.5, 0.6) is 17.2 Å². The molecule has 5 nitrogen and oxygen atoms in total. The first-order chi connectivity index (χ1) is 10.3. The zero-order chi connectivity index (χ0) is 14.7. The minimum absolute atomic E-state index is 0.179. The van der Waals surface area contributed by atoms with Gasteiger partial charge in [-0.1, -0.05) is 12.8 Å². The van der Waals surface area contributed by atoms with E-state index in [2.05, 4.69) is 5.32 Å². The van der Waals surface area contributed by atoms with E-state index in [9.17, 15) is 5.11 Å². The highest BCUT2D eigenvalue weighted by Crippen LogP contribution is 2.40. The summed E-state index contributed by atoms with van der Waals surface area (Å²) in [7, 11) is 1.63. The molecule has 1 saturated carbocycles. The van der Waals surface area contributed by atoms with Gasteiger partial charge in [-0.3, -0.25) is 0 Å². The lowest BCUT2D eigenvalue weighted by Gasteiger charge is -2.29. The van der Waals surface area contributed by atoms with Gasteiger partial charge >= 0.3 is 0 Å². The molecule has 2 N–H and O–H groups in total. The molecule has 1 aromatic carbocycles. The Kier molecular flexibility index (Phi) is 4.51. The smallest absolute Gasteiger partial charge is 0.203 e. The number of methoxy groups -OCH3 is 1. The van der Waals surface area contributed by atoms with Crippen molar-refractivity contribution in [3.05, 3.63) is 17.7 Å². The molecule has 0 amide bonds. The first-order valence-electron chi connectivity index (χ1n) is 7.66. The Balaban J connectivity index is 1.70. The van der Waals surface area contributed by atoms with E-state index < -0.39 is 0 Å². The third kappa shape index (κ3) is 3.24. The molecule has 0 spiro atoms. The molecule has 1 fully saturated rings. The van der Waals surface area contributed by atoms with E-state index >= 15 is 0 Å². The summed E-state index contributed by atoms with van der Waals surface area (Å²) in [6.45, 7) is 1.80. The molecule has 0 saturated heterocycles. The van der Waals surface area contributed by atoms with Crippen LogP contribution in [0.4, 0.5) is 0 Å². The van der Waals surface area contributed by atoms with E-state index in [1.54, 1.807) is 7.11 Å². The van der Waals surface area contributed by atoms with Crippen molar-refractivity contribution in [1.82, 2.24) is 5.32 Å². The molecule has 2 aliphatic rings. The summed E-state index contributed by atoms with van der Waals surface area (Å²) in [6, 6.07) is 4.13. The molecule has 5 heteroatoms. The van der Waals surface area contributed by atoms with Gasteiger partial charge in [0.25, 0.3) is 0 Å². The second-order valence-electron chi connectivity index (χ2n) is 5.66. The first kappa shape index (κ1) is 14.5. The number of aliphatic hydroxyl groups is 1. The van der Waals surface area contributed by atoms with Crippen LogP contribution in [0.2, 0.25) is 0 Å². The quantitative estimate of drug-likeness (QED) is 0.887. The molecule has 0 unspecified atom stereocenters. The summed E-state index contributed by atoms with van der Waals surface area (Å²) >= 11 is 0. The van der Waals surface area contributed by atoms with Gasteiger partial charge in [-0.15, -0.1) is 0 Å². The molecule has 2 atom stereocenters. The van der Waals surface area contributed by atoms with Crippen LogP contribution >= 0.6 is 0 Å². The van der Waals surface area contributed by atoms with Crippen molar-refractivity contribution < 1.29 is 19.3 Å². The number of benzene rings is 1. The first-order valence-corrected chi connectivity index (χ1v) is 7.66. The van der Waals surface area contributed by atoms with Gasteiger partial charge in [-0.25, -0.2) is 0 Å². The van der Waals surface area contributed by atoms with Gasteiger partial charge in [-0.2, -0.15) is 0 Å².